The van der Waals surface area contributed by atoms with E-state index in [0.717, 1.165) is 22.7 Å². The minimum absolute atomic E-state index is 0.120. The summed E-state index contributed by atoms with van der Waals surface area (Å²) in [6, 6.07) is 8.60. The van der Waals surface area contributed by atoms with Gasteiger partial charge in [-0.15, -0.1) is 5.10 Å². The van der Waals surface area contributed by atoms with E-state index in [2.05, 4.69) is 10.1 Å². The van der Waals surface area contributed by atoms with Crippen LogP contribution >= 0.6 is 11.8 Å². The molecule has 3 aromatic rings. The lowest BCUT2D eigenvalue weighted by Crippen LogP contribution is -2.63. The van der Waals surface area contributed by atoms with Gasteiger partial charge in [0.1, 0.15) is 24.2 Å². The number of aromatic nitrogens is 3. The molecule has 15 heteroatoms. The van der Waals surface area contributed by atoms with Crippen molar-refractivity contribution in [1.29, 1.82) is 0 Å². The van der Waals surface area contributed by atoms with Crippen LogP contribution in [0, 0.1) is 17.6 Å². The summed E-state index contributed by atoms with van der Waals surface area (Å²) in [6.07, 6.45) is -4.98. The van der Waals surface area contributed by atoms with E-state index in [4.69, 9.17) is 4.74 Å². The predicted molar refractivity (Wildman–Crippen MR) is 134 cm³/mol. The van der Waals surface area contributed by atoms with Crippen molar-refractivity contribution < 1.29 is 41.1 Å². The van der Waals surface area contributed by atoms with Crippen LogP contribution in [0.2, 0.25) is 0 Å². The summed E-state index contributed by atoms with van der Waals surface area (Å²) in [5.41, 5.74) is 0.208. The maximum Gasteiger partial charge on any atom is 0.402 e. The number of carbonyl (C=O) groups excluding carboxylic acids is 3. The lowest BCUT2D eigenvalue weighted by molar-refractivity contribution is -0.230. The molecule has 9 nitrogen and oxygen atoms in total. The third-order valence-corrected chi connectivity index (χ3v) is 7.66. The minimum atomic E-state index is -4.98. The van der Waals surface area contributed by atoms with Gasteiger partial charge in [-0.1, -0.05) is 36.0 Å². The number of morpholine rings is 1. The highest BCUT2D eigenvalue weighted by atomic mass is 32.2. The van der Waals surface area contributed by atoms with E-state index in [0.29, 0.717) is 10.2 Å². The molecule has 0 bridgehead atoms. The van der Waals surface area contributed by atoms with Gasteiger partial charge in [0.15, 0.2) is 16.9 Å². The van der Waals surface area contributed by atoms with Crippen LogP contribution in [0.1, 0.15) is 27.8 Å². The Morgan fingerprint density at radius 2 is 1.71 bits per heavy atom. The molecule has 216 valence electrons. The number of hydrogen-bond acceptors (Lipinski definition) is 7. The zero-order chi connectivity index (χ0) is 29.3. The molecule has 41 heavy (non-hydrogen) atoms. The lowest BCUT2D eigenvalue weighted by atomic mass is 9.86. The van der Waals surface area contributed by atoms with Gasteiger partial charge in [0, 0.05) is 18.8 Å². The van der Waals surface area contributed by atoms with Crippen molar-refractivity contribution in [3.8, 4) is 0 Å². The van der Waals surface area contributed by atoms with E-state index < -0.39 is 65.4 Å². The van der Waals surface area contributed by atoms with Crippen LogP contribution < -0.4 is 0 Å². The summed E-state index contributed by atoms with van der Waals surface area (Å²) < 4.78 is 75.5. The first kappa shape index (κ1) is 28.7. The van der Waals surface area contributed by atoms with Crippen molar-refractivity contribution in [1.82, 2.24) is 24.6 Å². The van der Waals surface area contributed by atoms with Crippen LogP contribution in [0.15, 0.2) is 53.7 Å². The Balaban J connectivity index is 1.49. The number of halogens is 5. The number of ether oxygens (including phenoxy) is 1. The first-order valence-electron chi connectivity index (χ1n) is 12.4. The Morgan fingerprint density at radius 3 is 2.37 bits per heavy atom. The van der Waals surface area contributed by atoms with Gasteiger partial charge in [0.2, 0.25) is 11.8 Å². The van der Waals surface area contributed by atoms with Gasteiger partial charge in [-0.3, -0.25) is 14.4 Å². The van der Waals surface area contributed by atoms with Crippen LogP contribution in [0.4, 0.5) is 22.0 Å². The fraction of sp³-hybridized carbons (Fsp3) is 0.346. The number of carbonyl (C=O) groups is 3. The van der Waals surface area contributed by atoms with Crippen LogP contribution in [0.5, 0.6) is 0 Å². The Kier molecular flexibility index (Phi) is 8.09. The van der Waals surface area contributed by atoms with E-state index >= 15 is 0 Å². The van der Waals surface area contributed by atoms with Gasteiger partial charge in [-0.05, 0) is 29.8 Å². The smallest absolute Gasteiger partial charge is 0.378 e. The number of hydrogen-bond donors (Lipinski definition) is 0. The second-order valence-corrected chi connectivity index (χ2v) is 10.2. The number of nitrogens with zero attached hydrogens (tertiary/aromatic N) is 5. The average molecular weight is 596 g/mol. The van der Waals surface area contributed by atoms with Gasteiger partial charge in [0.25, 0.3) is 5.91 Å². The summed E-state index contributed by atoms with van der Waals surface area (Å²) in [6.45, 7) is 0.314. The number of alkyl halides is 3. The van der Waals surface area contributed by atoms with Gasteiger partial charge < -0.3 is 14.5 Å². The second kappa shape index (κ2) is 11.6. The molecular weight excluding hydrogens is 573 g/mol. The van der Waals surface area contributed by atoms with Crippen molar-refractivity contribution in [2.24, 2.45) is 5.92 Å². The summed E-state index contributed by atoms with van der Waals surface area (Å²) in [5, 5.41) is 3.84. The number of β-lactam (4-membered cyclic amide) rings is 1. The quantitative estimate of drug-likeness (QED) is 0.235. The van der Waals surface area contributed by atoms with Gasteiger partial charge in [0.05, 0.1) is 18.8 Å². The van der Waals surface area contributed by atoms with E-state index in [9.17, 15) is 36.3 Å². The topological polar surface area (TPSA) is 97.6 Å². The molecule has 2 unspecified atom stereocenters. The van der Waals surface area contributed by atoms with E-state index in [1.54, 1.807) is 0 Å². The summed E-state index contributed by atoms with van der Waals surface area (Å²) in [7, 11) is 0. The van der Waals surface area contributed by atoms with E-state index in [1.165, 1.54) is 47.4 Å². The first-order valence-corrected chi connectivity index (χ1v) is 13.4. The SMILES string of the molecule is O=C(CN1C(=O)C(C(F)(F)F)C1c1nc(SCc2ccc(F)cc2)n(C(=O)c2ccccc2F)n1)N1CCOCC1. The molecule has 5 rings (SSSR count). The normalized spacial score (nSPS) is 19.3. The Hall–Kier alpha value is -3.85. The molecule has 2 aromatic carbocycles. The van der Waals surface area contributed by atoms with Crippen LogP contribution in [-0.2, 0) is 20.1 Å². The second-order valence-electron chi connectivity index (χ2n) is 9.29. The average Bonchev–Trinajstić information content (AvgIpc) is 3.37. The highest BCUT2D eigenvalue weighted by Gasteiger charge is 2.63. The third kappa shape index (κ3) is 5.95. The molecule has 0 radical (unpaired) electrons. The molecule has 0 spiro atoms. The molecule has 2 fully saturated rings. The molecule has 0 aliphatic carbocycles. The molecule has 0 N–H and O–H groups in total. The predicted octanol–water partition coefficient (Wildman–Crippen LogP) is 3.46. The molecule has 2 aliphatic rings. The van der Waals surface area contributed by atoms with Crippen molar-refractivity contribution in [2.75, 3.05) is 32.8 Å². The van der Waals surface area contributed by atoms with Gasteiger partial charge >= 0.3 is 6.18 Å². The zero-order valence-electron chi connectivity index (χ0n) is 21.2. The number of amides is 2. The summed E-state index contributed by atoms with van der Waals surface area (Å²) in [5.74, 6) is -7.17. The number of thioether (sulfide) groups is 1. The lowest BCUT2D eigenvalue weighted by Gasteiger charge is -2.46. The highest BCUT2D eigenvalue weighted by Crippen LogP contribution is 2.48. The third-order valence-electron chi connectivity index (χ3n) is 6.66. The Labute approximate surface area is 234 Å². The molecule has 1 aromatic heterocycles. The van der Waals surface area contributed by atoms with E-state index in [1.807, 2.05) is 0 Å². The summed E-state index contributed by atoms with van der Waals surface area (Å²) in [4.78, 5) is 45.0. The number of rotatable bonds is 7. The monoisotopic (exact) mass is 595 g/mol. The standard InChI is InChI=1S/C26H22F5N5O4S/c27-16-7-5-15(6-8-16)14-41-25-32-22(33-36(25)23(38)17-3-1-2-4-18(17)28)21-20(26(29,30)31)24(39)35(21)13-19(37)34-9-11-40-12-10-34/h1-8,20-21H,9-14H2. The Morgan fingerprint density at radius 1 is 1.02 bits per heavy atom. The molecule has 2 amide bonds. The van der Waals surface area contributed by atoms with Crippen molar-refractivity contribution in [2.45, 2.75) is 23.1 Å². The van der Waals surface area contributed by atoms with Gasteiger partial charge in [-0.2, -0.15) is 17.9 Å². The molecule has 0 saturated carbocycles. The van der Waals surface area contributed by atoms with Crippen LogP contribution in [-0.4, -0.2) is 81.3 Å². The van der Waals surface area contributed by atoms with Crippen molar-refractivity contribution >= 4 is 29.5 Å². The highest BCUT2D eigenvalue weighted by molar-refractivity contribution is 7.98. The molecule has 2 atom stereocenters. The number of benzene rings is 2. The summed E-state index contributed by atoms with van der Waals surface area (Å²) >= 11 is 0.905. The zero-order valence-corrected chi connectivity index (χ0v) is 22.0. The molecule has 3 heterocycles. The maximum absolute atomic E-state index is 14.5. The maximum atomic E-state index is 14.5. The van der Waals surface area contributed by atoms with Crippen molar-refractivity contribution in [3.05, 3.63) is 77.1 Å². The molecular formula is C26H22F5N5O4S. The molecule has 2 aliphatic heterocycles. The largest absolute Gasteiger partial charge is 0.402 e. The van der Waals surface area contributed by atoms with Crippen LogP contribution in [0.25, 0.3) is 0 Å². The first-order chi connectivity index (χ1) is 19.5. The van der Waals surface area contributed by atoms with Crippen molar-refractivity contribution in [3.63, 3.8) is 0 Å². The van der Waals surface area contributed by atoms with Gasteiger partial charge in [-0.25, -0.2) is 13.8 Å². The fourth-order valence-electron chi connectivity index (χ4n) is 4.53. The van der Waals surface area contributed by atoms with E-state index in [-0.39, 0.29) is 37.2 Å². The minimum Gasteiger partial charge on any atom is -0.378 e. The van der Waals surface area contributed by atoms with Crippen LogP contribution in [0.3, 0.4) is 0 Å². The molecule has 2 saturated heterocycles. The fourth-order valence-corrected chi connectivity index (χ4v) is 5.42. The Bertz CT molecular complexity index is 1460. The number of likely N-dealkylation sites (tertiary alicyclic amines) is 1.